The van der Waals surface area contributed by atoms with Crippen LogP contribution in [0.1, 0.15) is 24.3 Å². The number of hydrogen-bond acceptors (Lipinski definition) is 4. The summed E-state index contributed by atoms with van der Waals surface area (Å²) in [4.78, 5) is 3.96. The molecule has 1 atom stereocenters. The maximum atomic E-state index is 6.19. The van der Waals surface area contributed by atoms with E-state index in [9.17, 15) is 0 Å². The van der Waals surface area contributed by atoms with Gasteiger partial charge >= 0.3 is 0 Å². The number of hydrogen-bond donors (Lipinski definition) is 1. The zero-order valence-electron chi connectivity index (χ0n) is 12.9. The summed E-state index contributed by atoms with van der Waals surface area (Å²) in [7, 11) is 1.59. The molecule has 0 saturated carbocycles. The number of nitrogens with zero attached hydrogens (tertiary/aromatic N) is 2. The van der Waals surface area contributed by atoms with Gasteiger partial charge in [-0.1, -0.05) is 23.2 Å². The van der Waals surface area contributed by atoms with E-state index in [-0.39, 0.29) is 6.10 Å². The lowest BCUT2D eigenvalue weighted by Crippen LogP contribution is -2.06. The van der Waals surface area contributed by atoms with E-state index < -0.39 is 0 Å². The molecular formula is C16H15Cl2N3O2. The number of aryl methyl sites for hydroxylation is 1. The number of halogens is 2. The second-order valence-corrected chi connectivity index (χ2v) is 5.96. The number of ether oxygens (including phenoxy) is 2. The molecule has 0 spiro atoms. The summed E-state index contributed by atoms with van der Waals surface area (Å²) in [5.74, 6) is 1.19. The molecule has 0 aliphatic carbocycles. The van der Waals surface area contributed by atoms with E-state index in [2.05, 4.69) is 15.2 Å². The number of aromatic amines is 1. The minimum absolute atomic E-state index is 0.364. The molecule has 7 heteroatoms. The van der Waals surface area contributed by atoms with E-state index >= 15 is 0 Å². The van der Waals surface area contributed by atoms with Gasteiger partial charge in [-0.05, 0) is 19.9 Å². The number of nitrogens with one attached hydrogen (secondary N) is 1. The number of methoxy groups -OCH3 is 1. The van der Waals surface area contributed by atoms with E-state index in [1.807, 2.05) is 26.0 Å². The van der Waals surface area contributed by atoms with Crippen LogP contribution in [0.15, 0.2) is 24.5 Å². The van der Waals surface area contributed by atoms with Crippen LogP contribution >= 0.6 is 23.2 Å². The molecule has 3 rings (SSSR count). The second kappa shape index (κ2) is 6.26. The molecule has 2 aromatic heterocycles. The maximum Gasteiger partial charge on any atom is 0.163 e. The predicted molar refractivity (Wildman–Crippen MR) is 90.7 cm³/mol. The third-order valence-electron chi connectivity index (χ3n) is 3.63. The molecule has 5 nitrogen and oxygen atoms in total. The molecule has 0 bridgehead atoms. The standard InChI is InChI=1S/C16H15Cl2N3O2/c1-8-10-4-15(14(22-3)5-13(10)21-20-8)23-9(2)16-11(17)6-19-7-12(16)18/h4-7,9H,1-3H3,(H,20,21)/t9-/m1/s1. The normalized spacial score (nSPS) is 12.4. The minimum atomic E-state index is -0.364. The van der Waals surface area contributed by atoms with Crippen molar-refractivity contribution in [1.82, 2.24) is 15.2 Å². The zero-order chi connectivity index (χ0) is 16.6. The Kier molecular flexibility index (Phi) is 4.33. The van der Waals surface area contributed by atoms with Gasteiger partial charge in [0.05, 0.1) is 22.7 Å². The van der Waals surface area contributed by atoms with Gasteiger partial charge in [-0.15, -0.1) is 0 Å². The van der Waals surface area contributed by atoms with E-state index in [0.29, 0.717) is 27.1 Å². The fourth-order valence-electron chi connectivity index (χ4n) is 2.46. The third-order valence-corrected chi connectivity index (χ3v) is 4.23. The van der Waals surface area contributed by atoms with Gasteiger partial charge in [0.25, 0.3) is 0 Å². The van der Waals surface area contributed by atoms with Gasteiger partial charge < -0.3 is 9.47 Å². The summed E-state index contributed by atoms with van der Waals surface area (Å²) in [5.41, 5.74) is 2.47. The first-order valence-electron chi connectivity index (χ1n) is 6.99. The molecule has 3 aromatic rings. The number of rotatable bonds is 4. The van der Waals surface area contributed by atoms with Crippen molar-refractivity contribution >= 4 is 34.1 Å². The molecular weight excluding hydrogens is 337 g/mol. The van der Waals surface area contributed by atoms with Crippen LogP contribution in [0.25, 0.3) is 10.9 Å². The number of H-pyrrole nitrogens is 1. The van der Waals surface area contributed by atoms with Crippen molar-refractivity contribution in [1.29, 1.82) is 0 Å². The molecule has 0 aliphatic heterocycles. The fraction of sp³-hybridized carbons (Fsp3) is 0.250. The molecule has 23 heavy (non-hydrogen) atoms. The summed E-state index contributed by atoms with van der Waals surface area (Å²) < 4.78 is 11.5. The predicted octanol–water partition coefficient (Wildman–Crippen LogP) is 4.72. The first-order chi connectivity index (χ1) is 11.0. The van der Waals surface area contributed by atoms with E-state index in [4.69, 9.17) is 32.7 Å². The number of aromatic nitrogens is 3. The molecule has 0 unspecified atom stereocenters. The fourth-order valence-corrected chi connectivity index (χ4v) is 3.13. The number of pyridine rings is 1. The Balaban J connectivity index is 2.01. The minimum Gasteiger partial charge on any atom is -0.493 e. The highest BCUT2D eigenvalue weighted by Crippen LogP contribution is 2.38. The highest BCUT2D eigenvalue weighted by Gasteiger charge is 2.19. The summed E-state index contributed by atoms with van der Waals surface area (Å²) in [6.45, 7) is 3.82. The lowest BCUT2D eigenvalue weighted by atomic mass is 10.1. The van der Waals surface area contributed by atoms with Crippen molar-refractivity contribution in [2.24, 2.45) is 0 Å². The van der Waals surface area contributed by atoms with Crippen LogP contribution in [0, 0.1) is 6.92 Å². The van der Waals surface area contributed by atoms with Crippen molar-refractivity contribution in [2.75, 3.05) is 7.11 Å². The monoisotopic (exact) mass is 351 g/mol. The average Bonchev–Trinajstić information content (AvgIpc) is 2.87. The summed E-state index contributed by atoms with van der Waals surface area (Å²) >= 11 is 12.4. The lowest BCUT2D eigenvalue weighted by Gasteiger charge is -2.19. The third kappa shape index (κ3) is 2.94. The van der Waals surface area contributed by atoms with Gasteiger partial charge in [-0.3, -0.25) is 10.1 Å². The van der Waals surface area contributed by atoms with Crippen molar-refractivity contribution in [3.63, 3.8) is 0 Å². The Labute approximate surface area is 143 Å². The number of fused-ring (bicyclic) bond motifs is 1. The SMILES string of the molecule is COc1cc2n[nH]c(C)c2cc1O[C@H](C)c1c(Cl)cncc1Cl. The van der Waals surface area contributed by atoms with Crippen molar-refractivity contribution in [3.05, 3.63) is 45.8 Å². The summed E-state index contributed by atoms with van der Waals surface area (Å²) in [5, 5.41) is 9.07. The quantitative estimate of drug-likeness (QED) is 0.738. The van der Waals surface area contributed by atoms with Gasteiger partial charge in [0.15, 0.2) is 11.5 Å². The maximum absolute atomic E-state index is 6.19. The Morgan fingerprint density at radius 2 is 1.83 bits per heavy atom. The van der Waals surface area contributed by atoms with E-state index in [1.165, 1.54) is 0 Å². The Morgan fingerprint density at radius 3 is 2.48 bits per heavy atom. The van der Waals surface area contributed by atoms with Crippen LogP contribution in [-0.4, -0.2) is 22.3 Å². The van der Waals surface area contributed by atoms with Crippen LogP contribution in [0.4, 0.5) is 0 Å². The van der Waals surface area contributed by atoms with Crippen LogP contribution < -0.4 is 9.47 Å². The van der Waals surface area contributed by atoms with Crippen LogP contribution in [0.2, 0.25) is 10.0 Å². The van der Waals surface area contributed by atoms with Crippen LogP contribution in [-0.2, 0) is 0 Å². The van der Waals surface area contributed by atoms with Gasteiger partial charge in [0.1, 0.15) is 6.10 Å². The highest BCUT2D eigenvalue weighted by atomic mass is 35.5. The van der Waals surface area contributed by atoms with E-state index in [0.717, 1.165) is 16.6 Å². The Bertz CT molecular complexity index is 844. The molecule has 2 heterocycles. The topological polar surface area (TPSA) is 60.0 Å². The molecule has 0 radical (unpaired) electrons. The second-order valence-electron chi connectivity index (χ2n) is 5.15. The summed E-state index contributed by atoms with van der Waals surface area (Å²) in [6, 6.07) is 3.73. The average molecular weight is 352 g/mol. The van der Waals surface area contributed by atoms with Crippen molar-refractivity contribution in [2.45, 2.75) is 20.0 Å². The van der Waals surface area contributed by atoms with Crippen LogP contribution in [0.3, 0.4) is 0 Å². The highest BCUT2D eigenvalue weighted by molar-refractivity contribution is 6.35. The molecule has 1 N–H and O–H groups in total. The molecule has 0 saturated heterocycles. The lowest BCUT2D eigenvalue weighted by molar-refractivity contribution is 0.216. The van der Waals surface area contributed by atoms with Gasteiger partial charge in [0, 0.05) is 35.1 Å². The molecule has 0 fully saturated rings. The van der Waals surface area contributed by atoms with Crippen molar-refractivity contribution in [3.8, 4) is 11.5 Å². The van der Waals surface area contributed by atoms with E-state index in [1.54, 1.807) is 19.5 Å². The summed E-state index contributed by atoms with van der Waals surface area (Å²) in [6.07, 6.45) is 2.73. The van der Waals surface area contributed by atoms with Gasteiger partial charge in [0.2, 0.25) is 0 Å². The number of benzene rings is 1. The molecule has 0 aliphatic rings. The first-order valence-corrected chi connectivity index (χ1v) is 7.75. The molecule has 120 valence electrons. The largest absolute Gasteiger partial charge is 0.493 e. The zero-order valence-corrected chi connectivity index (χ0v) is 14.4. The molecule has 1 aromatic carbocycles. The van der Waals surface area contributed by atoms with Crippen molar-refractivity contribution < 1.29 is 9.47 Å². The Morgan fingerprint density at radius 1 is 1.13 bits per heavy atom. The van der Waals surface area contributed by atoms with Gasteiger partial charge in [-0.25, -0.2) is 0 Å². The van der Waals surface area contributed by atoms with Crippen LogP contribution in [0.5, 0.6) is 11.5 Å². The smallest absolute Gasteiger partial charge is 0.163 e. The molecule has 0 amide bonds. The Hall–Kier alpha value is -1.98. The first kappa shape index (κ1) is 15.9. The van der Waals surface area contributed by atoms with Gasteiger partial charge in [-0.2, -0.15) is 5.10 Å².